The van der Waals surface area contributed by atoms with Crippen LogP contribution in [0.15, 0.2) is 54.6 Å². The second-order valence-corrected chi connectivity index (χ2v) is 7.54. The van der Waals surface area contributed by atoms with Gasteiger partial charge < -0.3 is 9.47 Å². The van der Waals surface area contributed by atoms with Crippen LogP contribution in [0, 0.1) is 10.1 Å². The average molecular weight is 410 g/mol. The van der Waals surface area contributed by atoms with Crippen LogP contribution in [0.3, 0.4) is 0 Å². The first-order valence-electron chi connectivity index (χ1n) is 9.15. The van der Waals surface area contributed by atoms with Crippen LogP contribution in [-0.4, -0.2) is 27.9 Å². The maximum Gasteiger partial charge on any atom is 0.418 e. The molecule has 0 aliphatic carbocycles. The Morgan fingerprint density at radius 2 is 1.80 bits per heavy atom. The van der Waals surface area contributed by atoms with E-state index in [-0.39, 0.29) is 16.9 Å². The number of nitrogens with zero attached hydrogens (tertiary/aromatic N) is 3. The molecule has 0 bridgehead atoms. The molecule has 0 saturated carbocycles. The Morgan fingerprint density at radius 1 is 1.10 bits per heavy atom. The highest BCUT2D eigenvalue weighted by atomic mass is 16.6. The Hall–Kier alpha value is -3.88. The first-order valence-corrected chi connectivity index (χ1v) is 9.15. The van der Waals surface area contributed by atoms with Crippen LogP contribution in [0.25, 0.3) is 5.69 Å². The van der Waals surface area contributed by atoms with Crippen molar-refractivity contribution in [3.63, 3.8) is 0 Å². The Morgan fingerprint density at radius 3 is 2.40 bits per heavy atom. The molecule has 1 N–H and O–H groups in total. The quantitative estimate of drug-likeness (QED) is 0.482. The lowest BCUT2D eigenvalue weighted by Crippen LogP contribution is -2.19. The number of hydrogen-bond donors (Lipinski definition) is 1. The summed E-state index contributed by atoms with van der Waals surface area (Å²) in [5.41, 5.74) is 1.14. The molecule has 9 nitrogen and oxygen atoms in total. The molecule has 2 aromatic carbocycles. The van der Waals surface area contributed by atoms with E-state index >= 15 is 0 Å². The zero-order valence-corrected chi connectivity index (χ0v) is 17.1. The summed E-state index contributed by atoms with van der Waals surface area (Å²) in [6, 6.07) is 14.3. The van der Waals surface area contributed by atoms with E-state index in [2.05, 4.69) is 10.4 Å². The number of carbonyl (C=O) groups is 1. The molecule has 0 radical (unpaired) electrons. The lowest BCUT2D eigenvalue weighted by Gasteiger charge is -2.14. The highest BCUT2D eigenvalue weighted by molar-refractivity contribution is 5.85. The van der Waals surface area contributed by atoms with Crippen molar-refractivity contribution < 1.29 is 19.2 Å². The molecule has 0 aliphatic heterocycles. The van der Waals surface area contributed by atoms with Crippen molar-refractivity contribution in [2.45, 2.75) is 26.2 Å². The Labute approximate surface area is 173 Å². The molecule has 1 amide bonds. The van der Waals surface area contributed by atoms with Crippen LogP contribution < -0.4 is 14.8 Å². The summed E-state index contributed by atoms with van der Waals surface area (Å²) in [7, 11) is 1.57. The second kappa shape index (κ2) is 8.24. The fourth-order valence-electron chi connectivity index (χ4n) is 2.65. The molecule has 3 aromatic rings. The zero-order chi connectivity index (χ0) is 21.9. The van der Waals surface area contributed by atoms with E-state index in [1.807, 2.05) is 39.0 Å². The van der Waals surface area contributed by atoms with E-state index < -0.39 is 11.0 Å². The van der Waals surface area contributed by atoms with Gasteiger partial charge in [-0.05, 0) is 24.3 Å². The maximum atomic E-state index is 12.4. The summed E-state index contributed by atoms with van der Waals surface area (Å²) in [4.78, 5) is 22.7. The van der Waals surface area contributed by atoms with Gasteiger partial charge in [0.15, 0.2) is 0 Å². The number of ether oxygens (including phenoxy) is 2. The van der Waals surface area contributed by atoms with E-state index in [1.54, 1.807) is 23.9 Å². The van der Waals surface area contributed by atoms with Gasteiger partial charge in [0.1, 0.15) is 17.3 Å². The van der Waals surface area contributed by atoms with Gasteiger partial charge >= 0.3 is 6.09 Å². The summed E-state index contributed by atoms with van der Waals surface area (Å²) in [5.74, 6) is 1.25. The fourth-order valence-corrected chi connectivity index (χ4v) is 2.65. The van der Waals surface area contributed by atoms with Crippen molar-refractivity contribution in [3.8, 4) is 17.2 Å². The van der Waals surface area contributed by atoms with Crippen LogP contribution in [0.2, 0.25) is 0 Å². The summed E-state index contributed by atoms with van der Waals surface area (Å²) in [6.07, 6.45) is -0.742. The van der Waals surface area contributed by atoms with Gasteiger partial charge in [0, 0.05) is 29.7 Å². The molecule has 0 fully saturated rings. The minimum absolute atomic E-state index is 0.0892. The van der Waals surface area contributed by atoms with Crippen LogP contribution >= 0.6 is 0 Å². The standard InChI is InChI=1S/C21H22N4O5/c1-21(2,3)18-13-19(24(23-18)15-6-5-7-17(12-15)29-4)22-20(26)30-16-10-8-14(9-11-16)25(27)28/h5-13H,1-4H3,(H,22,26). The predicted molar refractivity (Wildman–Crippen MR) is 112 cm³/mol. The number of non-ortho nitro benzene ring substituents is 1. The predicted octanol–water partition coefficient (Wildman–Crippen LogP) is 4.70. The average Bonchev–Trinajstić information content (AvgIpc) is 3.12. The lowest BCUT2D eigenvalue weighted by atomic mass is 9.92. The first-order chi connectivity index (χ1) is 14.2. The largest absolute Gasteiger partial charge is 0.497 e. The van der Waals surface area contributed by atoms with Gasteiger partial charge in [0.2, 0.25) is 0 Å². The number of nitro benzene ring substituents is 1. The van der Waals surface area contributed by atoms with Crippen molar-refractivity contribution in [3.05, 3.63) is 70.4 Å². The normalized spacial score (nSPS) is 11.1. The van der Waals surface area contributed by atoms with Gasteiger partial charge in [0.25, 0.3) is 5.69 Å². The number of hydrogen-bond acceptors (Lipinski definition) is 6. The molecule has 0 atom stereocenters. The van der Waals surface area contributed by atoms with Gasteiger partial charge in [-0.25, -0.2) is 9.48 Å². The Bertz CT molecular complexity index is 1070. The second-order valence-electron chi connectivity index (χ2n) is 7.54. The monoisotopic (exact) mass is 410 g/mol. The molecule has 1 heterocycles. The molecule has 0 aliphatic rings. The molecule has 0 saturated heterocycles. The highest BCUT2D eigenvalue weighted by Crippen LogP contribution is 2.28. The van der Waals surface area contributed by atoms with Crippen molar-refractivity contribution in [2.75, 3.05) is 12.4 Å². The molecule has 3 rings (SSSR count). The SMILES string of the molecule is COc1cccc(-n2nc(C(C)(C)C)cc2NC(=O)Oc2ccc([N+](=O)[O-])cc2)c1. The summed E-state index contributed by atoms with van der Waals surface area (Å²) >= 11 is 0. The third kappa shape index (κ3) is 4.75. The smallest absolute Gasteiger partial charge is 0.418 e. The van der Waals surface area contributed by atoms with Gasteiger partial charge in [-0.3, -0.25) is 15.4 Å². The first kappa shape index (κ1) is 20.8. The van der Waals surface area contributed by atoms with Gasteiger partial charge in [-0.1, -0.05) is 26.8 Å². The number of aromatic nitrogens is 2. The minimum atomic E-state index is -0.742. The van der Waals surface area contributed by atoms with E-state index in [0.717, 1.165) is 5.69 Å². The van der Waals surface area contributed by atoms with Gasteiger partial charge in [-0.15, -0.1) is 0 Å². The van der Waals surface area contributed by atoms with E-state index in [4.69, 9.17) is 9.47 Å². The number of carbonyl (C=O) groups excluding carboxylic acids is 1. The maximum absolute atomic E-state index is 12.4. The van der Waals surface area contributed by atoms with Crippen LogP contribution in [0.4, 0.5) is 16.3 Å². The van der Waals surface area contributed by atoms with Crippen molar-refractivity contribution >= 4 is 17.6 Å². The fraction of sp³-hybridized carbons (Fsp3) is 0.238. The summed E-state index contributed by atoms with van der Waals surface area (Å²) in [6.45, 7) is 6.05. The number of anilines is 1. The molecule has 156 valence electrons. The number of methoxy groups -OCH3 is 1. The van der Waals surface area contributed by atoms with E-state index in [0.29, 0.717) is 17.3 Å². The van der Waals surface area contributed by atoms with Crippen molar-refractivity contribution in [1.82, 2.24) is 9.78 Å². The molecule has 1 aromatic heterocycles. The highest BCUT2D eigenvalue weighted by Gasteiger charge is 2.22. The number of benzene rings is 2. The molecule has 0 unspecified atom stereocenters. The van der Waals surface area contributed by atoms with E-state index in [1.165, 1.54) is 24.3 Å². The number of nitrogens with one attached hydrogen (secondary N) is 1. The number of amides is 1. The number of rotatable bonds is 5. The molecular weight excluding hydrogens is 388 g/mol. The molecule has 0 spiro atoms. The third-order valence-electron chi connectivity index (χ3n) is 4.26. The van der Waals surface area contributed by atoms with Crippen LogP contribution in [0.5, 0.6) is 11.5 Å². The molecule has 30 heavy (non-hydrogen) atoms. The van der Waals surface area contributed by atoms with Crippen molar-refractivity contribution in [2.24, 2.45) is 0 Å². The third-order valence-corrected chi connectivity index (χ3v) is 4.26. The van der Waals surface area contributed by atoms with Gasteiger partial charge in [0.05, 0.1) is 23.4 Å². The topological polar surface area (TPSA) is 109 Å². The van der Waals surface area contributed by atoms with Crippen molar-refractivity contribution in [1.29, 1.82) is 0 Å². The molecule has 9 heteroatoms. The van der Waals surface area contributed by atoms with Crippen LogP contribution in [0.1, 0.15) is 26.5 Å². The van der Waals surface area contributed by atoms with E-state index in [9.17, 15) is 14.9 Å². The zero-order valence-electron chi connectivity index (χ0n) is 17.1. The van der Waals surface area contributed by atoms with Crippen LogP contribution in [-0.2, 0) is 5.41 Å². The minimum Gasteiger partial charge on any atom is -0.497 e. The summed E-state index contributed by atoms with van der Waals surface area (Å²) < 4.78 is 12.1. The number of nitro groups is 1. The molecular formula is C21H22N4O5. The Kier molecular flexibility index (Phi) is 5.72. The summed E-state index contributed by atoms with van der Waals surface area (Å²) in [5, 5.41) is 18.1. The lowest BCUT2D eigenvalue weighted by molar-refractivity contribution is -0.384. The Balaban J connectivity index is 1.87. The van der Waals surface area contributed by atoms with Gasteiger partial charge in [-0.2, -0.15) is 5.10 Å².